The normalized spacial score (nSPS) is 12.5. The molecule has 2 N–H and O–H groups in total. The van der Waals surface area contributed by atoms with Gasteiger partial charge in [0.25, 0.3) is 0 Å². The van der Waals surface area contributed by atoms with Crippen LogP contribution in [0.25, 0.3) is 11.1 Å². The molecule has 0 atom stereocenters. The maximum Gasteiger partial charge on any atom is 0.407 e. The van der Waals surface area contributed by atoms with Crippen molar-refractivity contribution in [2.75, 3.05) is 6.61 Å². The van der Waals surface area contributed by atoms with Gasteiger partial charge in [0.15, 0.2) is 0 Å². The van der Waals surface area contributed by atoms with Crippen molar-refractivity contribution < 1.29 is 9.53 Å². The molecule has 4 rings (SSSR count). The molecule has 0 unspecified atom stereocenters. The second kappa shape index (κ2) is 6.20. The molecule has 1 aliphatic rings. The van der Waals surface area contributed by atoms with Crippen LogP contribution in [0.2, 0.25) is 0 Å². The Balaban J connectivity index is 1.45. The summed E-state index contributed by atoms with van der Waals surface area (Å²) in [6, 6.07) is 18.4. The Morgan fingerprint density at radius 3 is 2.33 bits per heavy atom. The average molecular weight is 319 g/mol. The molecule has 0 saturated carbocycles. The lowest BCUT2D eigenvalue weighted by Crippen LogP contribution is -2.25. The van der Waals surface area contributed by atoms with Gasteiger partial charge in [-0.05, 0) is 28.3 Å². The van der Waals surface area contributed by atoms with Crippen LogP contribution < -0.4 is 5.32 Å². The van der Waals surface area contributed by atoms with Crippen molar-refractivity contribution in [3.63, 3.8) is 0 Å². The Labute approximate surface area is 139 Å². The highest BCUT2D eigenvalue weighted by atomic mass is 16.5. The van der Waals surface area contributed by atoms with Crippen LogP contribution in [0.3, 0.4) is 0 Å². The third-order valence-electron chi connectivity index (χ3n) is 4.33. The van der Waals surface area contributed by atoms with Crippen LogP contribution in [0.4, 0.5) is 4.79 Å². The minimum atomic E-state index is -0.425. The number of fused-ring (bicyclic) bond motifs is 3. The van der Waals surface area contributed by atoms with E-state index in [1.807, 2.05) is 30.3 Å². The van der Waals surface area contributed by atoms with Gasteiger partial charge in [-0.2, -0.15) is 5.10 Å². The van der Waals surface area contributed by atoms with E-state index in [1.54, 1.807) is 6.20 Å². The highest BCUT2D eigenvalue weighted by Crippen LogP contribution is 2.44. The van der Waals surface area contributed by atoms with Crippen molar-refractivity contribution in [2.24, 2.45) is 0 Å². The van der Waals surface area contributed by atoms with Crippen LogP contribution in [0.15, 0.2) is 60.8 Å². The van der Waals surface area contributed by atoms with Crippen molar-refractivity contribution in [2.45, 2.75) is 12.5 Å². The lowest BCUT2D eigenvalue weighted by atomic mass is 9.98. The van der Waals surface area contributed by atoms with E-state index in [4.69, 9.17) is 4.74 Å². The van der Waals surface area contributed by atoms with Crippen LogP contribution in [-0.4, -0.2) is 22.9 Å². The number of ether oxygens (including phenoxy) is 1. The van der Waals surface area contributed by atoms with Gasteiger partial charge >= 0.3 is 6.09 Å². The minimum Gasteiger partial charge on any atom is -0.449 e. The molecule has 5 nitrogen and oxygen atoms in total. The van der Waals surface area contributed by atoms with Gasteiger partial charge in [-0.15, -0.1) is 0 Å². The van der Waals surface area contributed by atoms with Crippen LogP contribution in [0.5, 0.6) is 0 Å². The van der Waals surface area contributed by atoms with Crippen LogP contribution >= 0.6 is 0 Å². The van der Waals surface area contributed by atoms with E-state index in [1.165, 1.54) is 22.3 Å². The molecule has 0 spiro atoms. The SMILES string of the molecule is O=C(NCc1ccn[nH]1)OCC1c2ccccc2-c2ccccc21. The lowest BCUT2D eigenvalue weighted by Gasteiger charge is -2.14. The van der Waals surface area contributed by atoms with Gasteiger partial charge in [0.05, 0.1) is 12.2 Å². The number of nitrogens with zero attached hydrogens (tertiary/aromatic N) is 1. The molecule has 0 bridgehead atoms. The van der Waals surface area contributed by atoms with Gasteiger partial charge in [0, 0.05) is 12.1 Å². The summed E-state index contributed by atoms with van der Waals surface area (Å²) < 4.78 is 5.45. The fourth-order valence-corrected chi connectivity index (χ4v) is 3.20. The second-order valence-electron chi connectivity index (χ2n) is 5.76. The molecule has 3 aromatic rings. The van der Waals surface area contributed by atoms with Crippen molar-refractivity contribution in [1.29, 1.82) is 0 Å². The summed E-state index contributed by atoms with van der Waals surface area (Å²) in [5, 5.41) is 9.36. The zero-order chi connectivity index (χ0) is 16.4. The molecule has 0 aliphatic heterocycles. The lowest BCUT2D eigenvalue weighted by molar-refractivity contribution is 0.142. The highest BCUT2D eigenvalue weighted by Gasteiger charge is 2.28. The molecule has 120 valence electrons. The Morgan fingerprint density at radius 1 is 1.04 bits per heavy atom. The van der Waals surface area contributed by atoms with Crippen molar-refractivity contribution in [1.82, 2.24) is 15.5 Å². The summed E-state index contributed by atoms with van der Waals surface area (Å²) in [5.74, 6) is 0.0790. The van der Waals surface area contributed by atoms with E-state index < -0.39 is 6.09 Å². The summed E-state index contributed by atoms with van der Waals surface area (Å²) in [5.41, 5.74) is 5.70. The molecule has 1 aromatic heterocycles. The summed E-state index contributed by atoms with van der Waals surface area (Å²) in [7, 11) is 0. The topological polar surface area (TPSA) is 67.0 Å². The number of carbonyl (C=O) groups is 1. The number of aromatic amines is 1. The number of aromatic nitrogens is 2. The molecule has 0 fully saturated rings. The van der Waals surface area contributed by atoms with Gasteiger partial charge < -0.3 is 10.1 Å². The van der Waals surface area contributed by atoms with Crippen molar-refractivity contribution >= 4 is 6.09 Å². The summed E-state index contributed by atoms with van der Waals surface area (Å²) in [6.07, 6.45) is 1.22. The summed E-state index contributed by atoms with van der Waals surface area (Å²) in [6.45, 7) is 0.694. The first-order chi connectivity index (χ1) is 11.8. The fraction of sp³-hybridized carbons (Fsp3) is 0.158. The fourth-order valence-electron chi connectivity index (χ4n) is 3.20. The first-order valence-electron chi connectivity index (χ1n) is 7.90. The Hall–Kier alpha value is -3.08. The number of hydrogen-bond acceptors (Lipinski definition) is 3. The molecular formula is C19H17N3O2. The van der Waals surface area contributed by atoms with E-state index in [0.29, 0.717) is 13.2 Å². The predicted octanol–water partition coefficient (Wildman–Crippen LogP) is 3.45. The number of carbonyl (C=O) groups excluding carboxylic acids is 1. The number of nitrogens with one attached hydrogen (secondary N) is 2. The van der Waals surface area contributed by atoms with Gasteiger partial charge in [0.1, 0.15) is 6.61 Å². The largest absolute Gasteiger partial charge is 0.449 e. The molecule has 24 heavy (non-hydrogen) atoms. The quantitative estimate of drug-likeness (QED) is 0.774. The molecule has 0 radical (unpaired) electrons. The zero-order valence-electron chi connectivity index (χ0n) is 13.0. The van der Waals surface area contributed by atoms with Crippen LogP contribution in [0, 0.1) is 0 Å². The monoisotopic (exact) mass is 319 g/mol. The van der Waals surface area contributed by atoms with E-state index >= 15 is 0 Å². The molecule has 0 saturated heterocycles. The van der Waals surface area contributed by atoms with Gasteiger partial charge in [-0.1, -0.05) is 48.5 Å². The number of alkyl carbamates (subject to hydrolysis) is 1. The summed E-state index contributed by atoms with van der Waals surface area (Å²) in [4.78, 5) is 12.0. The smallest absolute Gasteiger partial charge is 0.407 e. The number of amides is 1. The molecule has 1 heterocycles. The van der Waals surface area contributed by atoms with E-state index in [9.17, 15) is 4.79 Å². The predicted molar refractivity (Wildman–Crippen MR) is 90.5 cm³/mol. The van der Waals surface area contributed by atoms with Gasteiger partial charge in [0.2, 0.25) is 0 Å². The standard InChI is InChI=1S/C19H17N3O2/c23-19(20-11-13-9-10-21-22-13)24-12-18-16-7-3-1-5-14(16)15-6-2-4-8-17(15)18/h1-10,18H,11-12H2,(H,20,23)(H,21,22). The molecule has 1 amide bonds. The van der Waals surface area contributed by atoms with E-state index in [-0.39, 0.29) is 5.92 Å². The highest BCUT2D eigenvalue weighted by molar-refractivity contribution is 5.79. The first-order valence-corrected chi connectivity index (χ1v) is 7.90. The molecule has 5 heteroatoms. The Morgan fingerprint density at radius 2 is 1.71 bits per heavy atom. The third kappa shape index (κ3) is 2.65. The van der Waals surface area contributed by atoms with E-state index in [0.717, 1.165) is 5.69 Å². The Bertz CT molecular complexity index is 813. The zero-order valence-corrected chi connectivity index (χ0v) is 13.0. The Kier molecular flexibility index (Phi) is 3.75. The molecule has 1 aliphatic carbocycles. The number of rotatable bonds is 4. The summed E-state index contributed by atoms with van der Waals surface area (Å²) >= 11 is 0. The maximum absolute atomic E-state index is 12.0. The molecular weight excluding hydrogens is 302 g/mol. The van der Waals surface area contributed by atoms with Crippen LogP contribution in [0.1, 0.15) is 22.7 Å². The van der Waals surface area contributed by atoms with Gasteiger partial charge in [-0.25, -0.2) is 4.79 Å². The van der Waals surface area contributed by atoms with Crippen LogP contribution in [-0.2, 0) is 11.3 Å². The maximum atomic E-state index is 12.0. The first kappa shape index (κ1) is 14.5. The van der Waals surface area contributed by atoms with Gasteiger partial charge in [-0.3, -0.25) is 5.10 Å². The average Bonchev–Trinajstić information content (AvgIpc) is 3.25. The minimum absolute atomic E-state index is 0.0790. The third-order valence-corrected chi connectivity index (χ3v) is 4.33. The number of hydrogen-bond donors (Lipinski definition) is 2. The van der Waals surface area contributed by atoms with E-state index in [2.05, 4.69) is 39.8 Å². The second-order valence-corrected chi connectivity index (χ2v) is 5.76. The molecule has 2 aromatic carbocycles. The van der Waals surface area contributed by atoms with Crippen molar-refractivity contribution in [3.05, 3.63) is 77.6 Å². The number of H-pyrrole nitrogens is 1. The van der Waals surface area contributed by atoms with Crippen molar-refractivity contribution in [3.8, 4) is 11.1 Å². The number of benzene rings is 2.